The SMILES string of the molecule is Cc1ccc(C(=O)N[C@H]2C(C)(C)[C@H](Oc3ccc(C#N)c(C)c3)C2(C)C)nn1. The summed E-state index contributed by atoms with van der Waals surface area (Å²) in [5.41, 5.74) is 2.05. The van der Waals surface area contributed by atoms with E-state index in [9.17, 15) is 4.79 Å². The van der Waals surface area contributed by atoms with E-state index >= 15 is 0 Å². The summed E-state index contributed by atoms with van der Waals surface area (Å²) in [6.45, 7) is 12.1. The van der Waals surface area contributed by atoms with Crippen LogP contribution < -0.4 is 10.1 Å². The summed E-state index contributed by atoms with van der Waals surface area (Å²) in [4.78, 5) is 12.6. The second-order valence-corrected chi connectivity index (χ2v) is 8.70. The summed E-state index contributed by atoms with van der Waals surface area (Å²) in [7, 11) is 0. The highest BCUT2D eigenvalue weighted by Crippen LogP contribution is 2.55. The molecule has 0 bridgehead atoms. The molecular weight excluding hydrogens is 352 g/mol. The van der Waals surface area contributed by atoms with Crippen LogP contribution in [0.15, 0.2) is 30.3 Å². The third-order valence-electron chi connectivity index (χ3n) is 5.72. The fourth-order valence-electron chi connectivity index (χ4n) is 4.50. The van der Waals surface area contributed by atoms with Crippen LogP contribution in [0.2, 0.25) is 0 Å². The van der Waals surface area contributed by atoms with Gasteiger partial charge < -0.3 is 10.1 Å². The zero-order chi connectivity index (χ0) is 20.7. The second-order valence-electron chi connectivity index (χ2n) is 8.70. The Hall–Kier alpha value is -2.94. The lowest BCUT2D eigenvalue weighted by Crippen LogP contribution is -2.74. The topological polar surface area (TPSA) is 87.9 Å². The Labute approximate surface area is 165 Å². The summed E-state index contributed by atoms with van der Waals surface area (Å²) in [5, 5.41) is 20.2. The van der Waals surface area contributed by atoms with Gasteiger partial charge in [0.05, 0.1) is 17.3 Å². The molecule has 1 aromatic carbocycles. The molecule has 1 aliphatic rings. The van der Waals surface area contributed by atoms with E-state index in [-0.39, 0.29) is 28.9 Å². The van der Waals surface area contributed by atoms with Crippen LogP contribution in [0.1, 0.15) is 55.0 Å². The number of amides is 1. The fourth-order valence-corrected chi connectivity index (χ4v) is 4.50. The van der Waals surface area contributed by atoms with E-state index in [1.165, 1.54) is 0 Å². The first-order valence-corrected chi connectivity index (χ1v) is 9.36. The molecule has 1 heterocycles. The summed E-state index contributed by atoms with van der Waals surface area (Å²) < 4.78 is 6.31. The van der Waals surface area contributed by atoms with E-state index in [2.05, 4.69) is 49.3 Å². The maximum absolute atomic E-state index is 12.6. The predicted octanol–water partition coefficient (Wildman–Crippen LogP) is 3.58. The van der Waals surface area contributed by atoms with Gasteiger partial charge in [0.2, 0.25) is 0 Å². The Morgan fingerprint density at radius 1 is 1.11 bits per heavy atom. The van der Waals surface area contributed by atoms with Crippen LogP contribution in [-0.2, 0) is 0 Å². The van der Waals surface area contributed by atoms with Crippen LogP contribution >= 0.6 is 0 Å². The maximum atomic E-state index is 12.6. The molecule has 6 nitrogen and oxygen atoms in total. The molecule has 0 radical (unpaired) electrons. The summed E-state index contributed by atoms with van der Waals surface area (Å²) in [5.74, 6) is 0.503. The quantitative estimate of drug-likeness (QED) is 0.878. The molecule has 1 saturated carbocycles. The molecule has 6 heteroatoms. The van der Waals surface area contributed by atoms with Crippen molar-refractivity contribution >= 4 is 5.91 Å². The molecule has 1 N–H and O–H groups in total. The molecule has 0 aliphatic heterocycles. The van der Waals surface area contributed by atoms with Gasteiger partial charge >= 0.3 is 0 Å². The van der Waals surface area contributed by atoms with E-state index in [0.29, 0.717) is 11.3 Å². The Morgan fingerprint density at radius 3 is 2.32 bits per heavy atom. The second kappa shape index (κ2) is 6.90. The molecule has 0 saturated heterocycles. The van der Waals surface area contributed by atoms with Gasteiger partial charge in [-0.1, -0.05) is 27.7 Å². The highest BCUT2D eigenvalue weighted by atomic mass is 16.5. The number of aromatic nitrogens is 2. The van der Waals surface area contributed by atoms with Crippen molar-refractivity contribution in [3.63, 3.8) is 0 Å². The zero-order valence-electron chi connectivity index (χ0n) is 17.2. The highest BCUT2D eigenvalue weighted by molar-refractivity contribution is 5.92. The third-order valence-corrected chi connectivity index (χ3v) is 5.72. The largest absolute Gasteiger partial charge is 0.489 e. The minimum absolute atomic E-state index is 0.0833. The van der Waals surface area contributed by atoms with Gasteiger partial charge in [0.25, 0.3) is 5.91 Å². The number of hydrogen-bond acceptors (Lipinski definition) is 5. The molecule has 0 unspecified atom stereocenters. The van der Waals surface area contributed by atoms with Crippen molar-refractivity contribution in [3.8, 4) is 11.8 Å². The van der Waals surface area contributed by atoms with Crippen LogP contribution in [0.3, 0.4) is 0 Å². The van der Waals surface area contributed by atoms with Crippen molar-refractivity contribution in [2.75, 3.05) is 0 Å². The van der Waals surface area contributed by atoms with Gasteiger partial charge in [-0.3, -0.25) is 4.79 Å². The molecule has 0 spiro atoms. The monoisotopic (exact) mass is 378 g/mol. The van der Waals surface area contributed by atoms with Crippen LogP contribution in [0.4, 0.5) is 0 Å². The number of hydrogen-bond donors (Lipinski definition) is 1. The van der Waals surface area contributed by atoms with Gasteiger partial charge in [-0.15, -0.1) is 5.10 Å². The van der Waals surface area contributed by atoms with Crippen LogP contribution in [0, 0.1) is 36.0 Å². The number of nitrogens with one attached hydrogen (secondary N) is 1. The minimum Gasteiger partial charge on any atom is -0.489 e. The van der Waals surface area contributed by atoms with E-state index in [1.54, 1.807) is 18.2 Å². The van der Waals surface area contributed by atoms with Crippen molar-refractivity contribution in [2.24, 2.45) is 10.8 Å². The van der Waals surface area contributed by atoms with Crippen molar-refractivity contribution in [1.29, 1.82) is 5.26 Å². The van der Waals surface area contributed by atoms with Gasteiger partial charge in [0, 0.05) is 16.9 Å². The van der Waals surface area contributed by atoms with Gasteiger partial charge in [0.1, 0.15) is 11.9 Å². The lowest BCUT2D eigenvalue weighted by Gasteiger charge is -2.63. The molecule has 28 heavy (non-hydrogen) atoms. The van der Waals surface area contributed by atoms with Crippen molar-refractivity contribution in [1.82, 2.24) is 15.5 Å². The number of carbonyl (C=O) groups excluding carboxylic acids is 1. The molecule has 1 amide bonds. The van der Waals surface area contributed by atoms with Gasteiger partial charge in [-0.25, -0.2) is 0 Å². The maximum Gasteiger partial charge on any atom is 0.272 e. The minimum atomic E-state index is -0.279. The van der Waals surface area contributed by atoms with Gasteiger partial charge in [-0.2, -0.15) is 10.4 Å². The summed E-state index contributed by atoms with van der Waals surface area (Å²) in [6, 6.07) is 11.0. The number of ether oxygens (including phenoxy) is 1. The van der Waals surface area contributed by atoms with Crippen molar-refractivity contribution in [3.05, 3.63) is 52.8 Å². The molecule has 1 fully saturated rings. The first kappa shape index (κ1) is 19.8. The van der Waals surface area contributed by atoms with Gasteiger partial charge in [0.15, 0.2) is 5.69 Å². The lowest BCUT2D eigenvalue weighted by molar-refractivity contribution is -0.164. The number of benzene rings is 1. The van der Waals surface area contributed by atoms with Crippen LogP contribution in [0.25, 0.3) is 0 Å². The number of carbonyl (C=O) groups is 1. The van der Waals surface area contributed by atoms with E-state index in [1.807, 2.05) is 26.0 Å². The molecule has 0 atom stereocenters. The predicted molar refractivity (Wildman–Crippen MR) is 106 cm³/mol. The van der Waals surface area contributed by atoms with Crippen molar-refractivity contribution < 1.29 is 9.53 Å². The van der Waals surface area contributed by atoms with E-state index in [0.717, 1.165) is 17.0 Å². The summed E-state index contributed by atoms with van der Waals surface area (Å²) >= 11 is 0. The first-order valence-electron chi connectivity index (χ1n) is 9.36. The Kier molecular flexibility index (Phi) is 4.88. The zero-order valence-corrected chi connectivity index (χ0v) is 17.2. The number of aryl methyl sites for hydroxylation is 2. The lowest BCUT2D eigenvalue weighted by atomic mass is 9.49. The number of rotatable bonds is 4. The summed E-state index contributed by atoms with van der Waals surface area (Å²) in [6.07, 6.45) is -0.0956. The molecule has 1 aliphatic carbocycles. The van der Waals surface area contributed by atoms with Crippen LogP contribution in [0.5, 0.6) is 5.75 Å². The molecule has 1 aromatic heterocycles. The first-order chi connectivity index (χ1) is 13.1. The molecule has 146 valence electrons. The van der Waals surface area contributed by atoms with E-state index in [4.69, 9.17) is 10.00 Å². The standard InChI is InChI=1S/C22H26N4O2/c1-13-11-16(9-8-15(13)12-23)28-20-21(3,4)19(22(20,5)6)24-18(27)17-10-7-14(2)25-26-17/h7-11,19-20H,1-6H3,(H,24,27)/t19-,20-. The molecule has 2 aromatic rings. The Morgan fingerprint density at radius 2 is 1.79 bits per heavy atom. The molecular formula is C22H26N4O2. The Bertz CT molecular complexity index is 926. The third kappa shape index (κ3) is 3.33. The van der Waals surface area contributed by atoms with Gasteiger partial charge in [-0.05, 0) is 49.7 Å². The smallest absolute Gasteiger partial charge is 0.272 e. The number of nitrogens with zero attached hydrogens (tertiary/aromatic N) is 3. The number of nitriles is 1. The molecule has 3 rings (SSSR count). The average Bonchev–Trinajstić information content (AvgIpc) is 2.64. The average molecular weight is 378 g/mol. The normalized spacial score (nSPS) is 21.9. The fraction of sp³-hybridized carbons (Fsp3) is 0.455. The van der Waals surface area contributed by atoms with E-state index < -0.39 is 0 Å². The van der Waals surface area contributed by atoms with Crippen LogP contribution in [-0.4, -0.2) is 28.3 Å². The highest BCUT2D eigenvalue weighted by Gasteiger charge is 2.64. The van der Waals surface area contributed by atoms with Crippen molar-refractivity contribution in [2.45, 2.75) is 53.7 Å². The Balaban J connectivity index is 1.76.